The van der Waals surface area contributed by atoms with Gasteiger partial charge in [0.1, 0.15) is 17.4 Å². The number of imidazole rings is 1. The number of amides is 3. The van der Waals surface area contributed by atoms with Crippen LogP contribution in [-0.2, 0) is 28.4 Å². The van der Waals surface area contributed by atoms with Crippen LogP contribution < -0.4 is 16.3 Å². The number of halogens is 3. The highest BCUT2D eigenvalue weighted by Crippen LogP contribution is 2.36. The van der Waals surface area contributed by atoms with Crippen molar-refractivity contribution in [1.29, 1.82) is 0 Å². The number of piperidine rings is 1. The number of carbonyl (C=O) groups is 3. The first kappa shape index (κ1) is 41.4. The number of hydrogen-bond acceptors (Lipinski definition) is 8. The summed E-state index contributed by atoms with van der Waals surface area (Å²) in [5.74, 6) is 5.39. The molecule has 16 heteroatoms. The molecule has 1 unspecified atom stereocenters. The predicted molar refractivity (Wildman–Crippen MR) is 215 cm³/mol. The molecule has 1 aliphatic carbocycles. The van der Waals surface area contributed by atoms with Crippen molar-refractivity contribution in [2.24, 2.45) is 13.0 Å². The minimum Gasteiger partial charge on any atom is -0.386 e. The third-order valence-electron chi connectivity index (χ3n) is 11.3. The van der Waals surface area contributed by atoms with E-state index in [1.807, 2.05) is 23.0 Å². The largest absolute Gasteiger partial charge is 0.433 e. The first-order valence-corrected chi connectivity index (χ1v) is 19.8. The Balaban J connectivity index is 0.912. The number of benzene rings is 2. The Morgan fingerprint density at radius 2 is 1.80 bits per heavy atom. The zero-order chi connectivity index (χ0) is 42.2. The second kappa shape index (κ2) is 16.5. The SMILES string of the molecule is CN(CCCC#Cc1ccc2c(c1)n(C)c(=O)n2C1CCC(=O)NC1=O)C[C@H]1CC[C@H](n2cc3cc(NC(=O)c4cccc(C(F)(F)F)n4)c(C(C)(C)O)cc3n2)CC1. The van der Waals surface area contributed by atoms with Gasteiger partial charge in [-0.3, -0.25) is 33.5 Å². The first-order chi connectivity index (χ1) is 28.0. The molecule has 1 atom stereocenters. The average Bonchev–Trinajstić information content (AvgIpc) is 3.71. The van der Waals surface area contributed by atoms with Gasteiger partial charge in [-0.25, -0.2) is 9.78 Å². The Kier molecular flexibility index (Phi) is 11.5. The van der Waals surface area contributed by atoms with Crippen LogP contribution in [0.3, 0.4) is 0 Å². The van der Waals surface area contributed by atoms with E-state index in [4.69, 9.17) is 5.10 Å². The lowest BCUT2D eigenvalue weighted by Crippen LogP contribution is -2.44. The first-order valence-electron chi connectivity index (χ1n) is 19.8. The van der Waals surface area contributed by atoms with E-state index >= 15 is 0 Å². The van der Waals surface area contributed by atoms with Crippen molar-refractivity contribution in [2.45, 2.75) is 89.1 Å². The summed E-state index contributed by atoms with van der Waals surface area (Å²) in [6, 6.07) is 11.5. The van der Waals surface area contributed by atoms with Gasteiger partial charge in [-0.1, -0.05) is 17.9 Å². The Labute approximate surface area is 338 Å². The van der Waals surface area contributed by atoms with Gasteiger partial charge in [0.25, 0.3) is 5.91 Å². The normalized spacial score (nSPS) is 18.9. The molecule has 3 N–H and O–H groups in total. The van der Waals surface area contributed by atoms with E-state index in [1.54, 1.807) is 39.1 Å². The Hall–Kier alpha value is -5.79. The number of nitrogens with zero attached hydrogens (tertiary/aromatic N) is 6. The molecule has 1 saturated carbocycles. The summed E-state index contributed by atoms with van der Waals surface area (Å²) in [7, 11) is 3.79. The number of pyridine rings is 1. The number of carbonyl (C=O) groups excluding carboxylic acids is 3. The van der Waals surface area contributed by atoms with Crippen LogP contribution in [0.2, 0.25) is 0 Å². The van der Waals surface area contributed by atoms with Crippen molar-refractivity contribution in [2.75, 3.05) is 25.5 Å². The maximum absolute atomic E-state index is 13.2. The van der Waals surface area contributed by atoms with Crippen molar-refractivity contribution < 1.29 is 32.7 Å². The van der Waals surface area contributed by atoms with Crippen molar-refractivity contribution in [1.82, 2.24) is 34.1 Å². The van der Waals surface area contributed by atoms with Crippen LogP contribution in [0.25, 0.3) is 21.9 Å². The summed E-state index contributed by atoms with van der Waals surface area (Å²) in [6.45, 7) is 5.00. The van der Waals surface area contributed by atoms with Crippen LogP contribution in [-0.4, -0.2) is 71.8 Å². The third kappa shape index (κ3) is 9.11. The summed E-state index contributed by atoms with van der Waals surface area (Å²) in [6.07, 6.45) is 3.23. The van der Waals surface area contributed by atoms with Crippen molar-refractivity contribution in [3.05, 3.63) is 87.7 Å². The van der Waals surface area contributed by atoms with Crippen molar-refractivity contribution in [3.8, 4) is 11.8 Å². The molecule has 13 nitrogen and oxygen atoms in total. The fourth-order valence-electron chi connectivity index (χ4n) is 8.19. The smallest absolute Gasteiger partial charge is 0.386 e. The molecule has 2 fully saturated rings. The molecule has 59 heavy (non-hydrogen) atoms. The lowest BCUT2D eigenvalue weighted by Gasteiger charge is -2.31. The number of unbranched alkanes of at least 4 members (excludes halogenated alkanes) is 1. The number of fused-ring (bicyclic) bond motifs is 2. The van der Waals surface area contributed by atoms with E-state index < -0.39 is 41.0 Å². The molecule has 2 aliphatic rings. The molecular formula is C43H47F3N8O5. The predicted octanol–water partition coefficient (Wildman–Crippen LogP) is 6.06. The van der Waals surface area contributed by atoms with Gasteiger partial charge in [0.05, 0.1) is 28.2 Å². The molecule has 3 aromatic heterocycles. The summed E-state index contributed by atoms with van der Waals surface area (Å²) < 4.78 is 44.6. The highest BCUT2D eigenvalue weighted by atomic mass is 19.4. The van der Waals surface area contributed by atoms with Crippen LogP contribution in [0.4, 0.5) is 18.9 Å². The van der Waals surface area contributed by atoms with E-state index in [0.29, 0.717) is 34.5 Å². The second-order valence-electron chi connectivity index (χ2n) is 16.2. The van der Waals surface area contributed by atoms with Crippen LogP contribution in [0.1, 0.15) is 105 Å². The van der Waals surface area contributed by atoms with Gasteiger partial charge in [0, 0.05) is 54.8 Å². The van der Waals surface area contributed by atoms with Crippen LogP contribution in [0.15, 0.2) is 59.5 Å². The molecule has 3 amide bonds. The molecule has 0 radical (unpaired) electrons. The van der Waals surface area contributed by atoms with Gasteiger partial charge in [0.15, 0.2) is 0 Å². The van der Waals surface area contributed by atoms with Crippen LogP contribution in [0.5, 0.6) is 0 Å². The van der Waals surface area contributed by atoms with Crippen LogP contribution in [0, 0.1) is 17.8 Å². The third-order valence-corrected chi connectivity index (χ3v) is 11.3. The fourth-order valence-corrected chi connectivity index (χ4v) is 8.19. The van der Waals surface area contributed by atoms with Crippen molar-refractivity contribution in [3.63, 3.8) is 0 Å². The second-order valence-corrected chi connectivity index (χ2v) is 16.2. The summed E-state index contributed by atoms with van der Waals surface area (Å²) in [5.41, 5.74) is 0.103. The number of anilines is 1. The van der Waals surface area contributed by atoms with Gasteiger partial charge in [-0.15, -0.1) is 0 Å². The van der Waals surface area contributed by atoms with Gasteiger partial charge in [-0.2, -0.15) is 18.3 Å². The minimum atomic E-state index is -4.70. The van der Waals surface area contributed by atoms with Gasteiger partial charge < -0.3 is 15.3 Å². The van der Waals surface area contributed by atoms with Crippen LogP contribution >= 0.6 is 0 Å². The molecule has 7 rings (SSSR count). The maximum atomic E-state index is 13.2. The number of hydrogen-bond donors (Lipinski definition) is 3. The quantitative estimate of drug-likeness (QED) is 0.0874. The average molecular weight is 813 g/mol. The molecule has 0 bridgehead atoms. The Morgan fingerprint density at radius 1 is 1.03 bits per heavy atom. The molecule has 5 aromatic rings. The monoisotopic (exact) mass is 812 g/mol. The molecule has 310 valence electrons. The highest BCUT2D eigenvalue weighted by Gasteiger charge is 2.34. The fraction of sp³-hybridized carbons (Fsp3) is 0.442. The van der Waals surface area contributed by atoms with Crippen molar-refractivity contribution >= 4 is 45.3 Å². The van der Waals surface area contributed by atoms with Gasteiger partial charge in [0.2, 0.25) is 11.8 Å². The van der Waals surface area contributed by atoms with E-state index in [0.717, 1.165) is 68.3 Å². The zero-order valence-electron chi connectivity index (χ0n) is 33.4. The Morgan fingerprint density at radius 3 is 2.51 bits per heavy atom. The molecular weight excluding hydrogens is 766 g/mol. The van der Waals surface area contributed by atoms with Gasteiger partial charge in [-0.05, 0) is 114 Å². The number of imide groups is 1. The zero-order valence-corrected chi connectivity index (χ0v) is 33.4. The number of nitrogens with one attached hydrogen (secondary N) is 2. The van der Waals surface area contributed by atoms with E-state index in [9.17, 15) is 37.5 Å². The number of aromatic nitrogens is 5. The summed E-state index contributed by atoms with van der Waals surface area (Å²) >= 11 is 0. The Bertz CT molecular complexity index is 2550. The summed E-state index contributed by atoms with van der Waals surface area (Å²) in [5, 5.41) is 21.5. The number of aliphatic hydroxyl groups is 1. The number of rotatable bonds is 10. The number of aryl methyl sites for hydroxylation is 1. The van der Waals surface area contributed by atoms with E-state index in [1.165, 1.54) is 15.2 Å². The lowest BCUT2D eigenvalue weighted by molar-refractivity contribution is -0.141. The summed E-state index contributed by atoms with van der Waals surface area (Å²) in [4.78, 5) is 56.1. The topological polar surface area (TPSA) is 156 Å². The van der Waals surface area contributed by atoms with E-state index in [2.05, 4.69) is 39.4 Å². The lowest BCUT2D eigenvalue weighted by atomic mass is 9.86. The molecule has 2 aromatic carbocycles. The standard InChI is InChI=1S/C43H47F3N8O5/c1-42(2,59)30-23-32-28(22-33(30)48-39(56)31-10-8-11-37(47-31)43(44,45)46)25-53(50-32)29-15-12-27(13-16-29)24-51(3)20-7-5-6-9-26-14-17-34-36(21-26)52(4)41(58)54(34)35-18-19-38(55)49-40(35)57/h8,10-11,14,17,21-23,25,27,29,35,59H,5,7,12-13,15-16,18-20,24H2,1-4H3,(H,48,56)(H,49,55,57)/t27-,29-,35?. The highest BCUT2D eigenvalue weighted by molar-refractivity contribution is 6.04. The maximum Gasteiger partial charge on any atom is 0.433 e. The molecule has 1 aliphatic heterocycles. The minimum absolute atomic E-state index is 0.176. The molecule has 1 saturated heterocycles. The molecule has 4 heterocycles. The van der Waals surface area contributed by atoms with E-state index in [-0.39, 0.29) is 36.2 Å². The number of alkyl halides is 3. The molecule has 0 spiro atoms. The van der Waals surface area contributed by atoms with Gasteiger partial charge >= 0.3 is 11.9 Å².